The number of ether oxygens (including phenoxy) is 1. The third-order valence-electron chi connectivity index (χ3n) is 2.26. The molecule has 17 heavy (non-hydrogen) atoms. The van der Waals surface area contributed by atoms with Gasteiger partial charge in [0.25, 0.3) is 0 Å². The van der Waals surface area contributed by atoms with Gasteiger partial charge in [0, 0.05) is 26.0 Å². The topological polar surface area (TPSA) is 60.2 Å². The van der Waals surface area contributed by atoms with Gasteiger partial charge in [0.15, 0.2) is 0 Å². The first kappa shape index (κ1) is 14.1. The summed E-state index contributed by atoms with van der Waals surface area (Å²) in [5.41, 5.74) is 0. The summed E-state index contributed by atoms with van der Waals surface area (Å²) in [6.45, 7) is 7.61. The zero-order chi connectivity index (χ0) is 12.3. The first-order valence-corrected chi connectivity index (χ1v) is 6.46. The highest BCUT2D eigenvalue weighted by atomic mass is 16.5. The van der Waals surface area contributed by atoms with Crippen molar-refractivity contribution >= 4 is 0 Å². The number of nitrogens with zero attached hydrogens (tertiary/aromatic N) is 2. The van der Waals surface area contributed by atoms with Gasteiger partial charge < -0.3 is 14.5 Å². The molecule has 0 spiro atoms. The third-order valence-corrected chi connectivity index (χ3v) is 2.26. The van der Waals surface area contributed by atoms with Crippen LogP contribution >= 0.6 is 0 Å². The van der Waals surface area contributed by atoms with E-state index in [0.717, 1.165) is 39.0 Å². The van der Waals surface area contributed by atoms with Crippen LogP contribution in [0.1, 0.15) is 38.5 Å². The third kappa shape index (κ3) is 6.38. The Morgan fingerprint density at radius 1 is 1.00 bits per heavy atom. The largest absolute Gasteiger partial charge is 0.425 e. The molecule has 0 bridgehead atoms. The predicted molar refractivity (Wildman–Crippen MR) is 66.0 cm³/mol. The van der Waals surface area contributed by atoms with E-state index >= 15 is 0 Å². The molecule has 0 radical (unpaired) electrons. The Labute approximate surface area is 103 Å². The fourth-order valence-corrected chi connectivity index (χ4v) is 1.39. The molecule has 0 atom stereocenters. The molecule has 0 fully saturated rings. The number of rotatable bonds is 10. The van der Waals surface area contributed by atoms with E-state index < -0.39 is 0 Å². The molecule has 5 nitrogen and oxygen atoms in total. The van der Waals surface area contributed by atoms with Gasteiger partial charge in [0.05, 0.1) is 6.61 Å². The molecule has 98 valence electrons. The van der Waals surface area contributed by atoms with Crippen LogP contribution in [0.5, 0.6) is 0 Å². The van der Waals surface area contributed by atoms with Crippen molar-refractivity contribution < 1.29 is 9.15 Å². The fraction of sp³-hybridized carbons (Fsp3) is 0.833. The van der Waals surface area contributed by atoms with Crippen molar-refractivity contribution in [3.8, 4) is 0 Å². The highest BCUT2D eigenvalue weighted by Gasteiger charge is 2.05. The molecule has 0 aliphatic rings. The molecule has 0 aliphatic carbocycles. The molecule has 1 heterocycles. The van der Waals surface area contributed by atoms with Gasteiger partial charge in [-0.3, -0.25) is 0 Å². The molecular formula is C12H23N3O2. The summed E-state index contributed by atoms with van der Waals surface area (Å²) in [5.74, 6) is 1.38. The van der Waals surface area contributed by atoms with Crippen molar-refractivity contribution in [1.29, 1.82) is 0 Å². The SMILES string of the molecule is CCCNCCc1nnc(CCOCCC)o1. The van der Waals surface area contributed by atoms with Crippen LogP contribution in [0, 0.1) is 0 Å². The normalized spacial score (nSPS) is 10.9. The molecular weight excluding hydrogens is 218 g/mol. The Balaban J connectivity index is 2.14. The molecule has 0 aliphatic heterocycles. The van der Waals surface area contributed by atoms with Gasteiger partial charge in [-0.05, 0) is 19.4 Å². The highest BCUT2D eigenvalue weighted by Crippen LogP contribution is 2.01. The molecule has 0 aromatic carbocycles. The van der Waals surface area contributed by atoms with Gasteiger partial charge in [0.2, 0.25) is 11.8 Å². The lowest BCUT2D eigenvalue weighted by molar-refractivity contribution is 0.133. The summed E-state index contributed by atoms with van der Waals surface area (Å²) in [4.78, 5) is 0. The van der Waals surface area contributed by atoms with E-state index in [0.29, 0.717) is 24.8 Å². The van der Waals surface area contributed by atoms with Gasteiger partial charge in [-0.1, -0.05) is 13.8 Å². The molecule has 0 saturated carbocycles. The average Bonchev–Trinajstić information content (AvgIpc) is 2.78. The highest BCUT2D eigenvalue weighted by molar-refractivity contribution is 4.82. The molecule has 0 saturated heterocycles. The quantitative estimate of drug-likeness (QED) is 0.630. The maximum absolute atomic E-state index is 5.50. The number of aromatic nitrogens is 2. The monoisotopic (exact) mass is 241 g/mol. The van der Waals surface area contributed by atoms with E-state index in [4.69, 9.17) is 9.15 Å². The van der Waals surface area contributed by atoms with Gasteiger partial charge in [-0.25, -0.2) is 0 Å². The van der Waals surface area contributed by atoms with Crippen molar-refractivity contribution in [3.05, 3.63) is 11.8 Å². The minimum Gasteiger partial charge on any atom is -0.425 e. The van der Waals surface area contributed by atoms with Crippen LogP contribution in [0.15, 0.2) is 4.42 Å². The zero-order valence-electron chi connectivity index (χ0n) is 10.9. The van der Waals surface area contributed by atoms with E-state index in [2.05, 4.69) is 29.4 Å². The number of hydrogen-bond acceptors (Lipinski definition) is 5. The molecule has 0 amide bonds. The molecule has 1 rings (SSSR count). The second-order valence-electron chi connectivity index (χ2n) is 3.95. The van der Waals surface area contributed by atoms with Gasteiger partial charge in [0.1, 0.15) is 0 Å². The van der Waals surface area contributed by atoms with E-state index in [9.17, 15) is 0 Å². The van der Waals surface area contributed by atoms with E-state index in [1.165, 1.54) is 0 Å². The Kier molecular flexibility index (Phi) is 7.58. The average molecular weight is 241 g/mol. The standard InChI is InChI=1S/C12H23N3O2/c1-3-7-13-8-5-11-14-15-12(17-11)6-10-16-9-4-2/h13H,3-10H2,1-2H3. The smallest absolute Gasteiger partial charge is 0.218 e. The summed E-state index contributed by atoms with van der Waals surface area (Å²) in [6.07, 6.45) is 3.68. The molecule has 5 heteroatoms. The Bertz CT molecular complexity index is 263. The maximum Gasteiger partial charge on any atom is 0.218 e. The number of nitrogens with one attached hydrogen (secondary N) is 1. The van der Waals surface area contributed by atoms with Gasteiger partial charge >= 0.3 is 0 Å². The minimum atomic E-state index is 0.656. The lowest BCUT2D eigenvalue weighted by Crippen LogP contribution is -2.17. The second-order valence-corrected chi connectivity index (χ2v) is 3.95. The molecule has 1 aromatic rings. The van der Waals surface area contributed by atoms with Crippen molar-refractivity contribution in [2.75, 3.05) is 26.3 Å². The summed E-state index contributed by atoms with van der Waals surface area (Å²) in [6, 6.07) is 0. The van der Waals surface area contributed by atoms with Crippen molar-refractivity contribution in [2.24, 2.45) is 0 Å². The van der Waals surface area contributed by atoms with Crippen molar-refractivity contribution in [2.45, 2.75) is 39.5 Å². The van der Waals surface area contributed by atoms with Crippen LogP contribution < -0.4 is 5.32 Å². The summed E-state index contributed by atoms with van der Waals surface area (Å²) < 4.78 is 10.9. The van der Waals surface area contributed by atoms with Crippen molar-refractivity contribution in [3.63, 3.8) is 0 Å². The Morgan fingerprint density at radius 3 is 2.47 bits per heavy atom. The van der Waals surface area contributed by atoms with E-state index in [-0.39, 0.29) is 0 Å². The first-order chi connectivity index (χ1) is 8.36. The molecule has 1 N–H and O–H groups in total. The fourth-order valence-electron chi connectivity index (χ4n) is 1.39. The van der Waals surface area contributed by atoms with Crippen molar-refractivity contribution in [1.82, 2.24) is 15.5 Å². The summed E-state index contributed by atoms with van der Waals surface area (Å²) in [5, 5.41) is 11.3. The maximum atomic E-state index is 5.50. The van der Waals surface area contributed by atoms with Crippen LogP contribution in [0.4, 0.5) is 0 Å². The molecule has 0 unspecified atom stereocenters. The van der Waals surface area contributed by atoms with Gasteiger partial charge in [-0.2, -0.15) is 0 Å². The second kappa shape index (κ2) is 9.13. The lowest BCUT2D eigenvalue weighted by Gasteiger charge is -1.99. The van der Waals surface area contributed by atoms with Crippen LogP contribution in [0.2, 0.25) is 0 Å². The molecule has 1 aromatic heterocycles. The minimum absolute atomic E-state index is 0.656. The number of hydrogen-bond donors (Lipinski definition) is 1. The van der Waals surface area contributed by atoms with E-state index in [1.54, 1.807) is 0 Å². The van der Waals surface area contributed by atoms with Crippen LogP contribution in [0.25, 0.3) is 0 Å². The van der Waals surface area contributed by atoms with Gasteiger partial charge in [-0.15, -0.1) is 10.2 Å². The van der Waals surface area contributed by atoms with E-state index in [1.807, 2.05) is 0 Å². The lowest BCUT2D eigenvalue weighted by atomic mass is 10.4. The zero-order valence-corrected chi connectivity index (χ0v) is 10.9. The van der Waals surface area contributed by atoms with Crippen LogP contribution in [-0.4, -0.2) is 36.5 Å². The van der Waals surface area contributed by atoms with Crippen LogP contribution in [0.3, 0.4) is 0 Å². The summed E-state index contributed by atoms with van der Waals surface area (Å²) in [7, 11) is 0. The Hall–Kier alpha value is -0.940. The Morgan fingerprint density at radius 2 is 1.76 bits per heavy atom. The summed E-state index contributed by atoms with van der Waals surface area (Å²) >= 11 is 0. The predicted octanol–water partition coefficient (Wildman–Crippen LogP) is 1.58. The first-order valence-electron chi connectivity index (χ1n) is 6.46. The van der Waals surface area contributed by atoms with Crippen LogP contribution in [-0.2, 0) is 17.6 Å².